The average molecular weight is 374 g/mol. The fourth-order valence-corrected chi connectivity index (χ4v) is 3.43. The number of pyridine rings is 1. The monoisotopic (exact) mass is 373 g/mol. The van der Waals surface area contributed by atoms with E-state index in [9.17, 15) is 4.79 Å². The predicted molar refractivity (Wildman–Crippen MR) is 104 cm³/mol. The van der Waals surface area contributed by atoms with Crippen molar-refractivity contribution >= 4 is 28.9 Å². The Morgan fingerprint density at radius 3 is 2.65 bits per heavy atom. The van der Waals surface area contributed by atoms with Gasteiger partial charge >= 0.3 is 0 Å². The molecule has 6 heteroatoms. The van der Waals surface area contributed by atoms with Gasteiger partial charge in [0.1, 0.15) is 5.75 Å². The number of carbonyl (C=O) groups excluding carboxylic acids is 1. The van der Waals surface area contributed by atoms with Crippen LogP contribution >= 0.6 is 11.6 Å². The molecule has 0 spiro atoms. The summed E-state index contributed by atoms with van der Waals surface area (Å²) in [6, 6.07) is 7.38. The summed E-state index contributed by atoms with van der Waals surface area (Å²) in [5, 5.41) is 6.97. The second kappa shape index (κ2) is 8.90. The van der Waals surface area contributed by atoms with Crippen molar-refractivity contribution in [2.75, 3.05) is 12.4 Å². The zero-order valence-corrected chi connectivity index (χ0v) is 15.7. The maximum absolute atomic E-state index is 12.6. The fraction of sp³-hybridized carbons (Fsp3) is 0.400. The summed E-state index contributed by atoms with van der Waals surface area (Å²) < 4.78 is 5.34. The number of ether oxygens (including phenoxy) is 1. The number of amides is 1. The van der Waals surface area contributed by atoms with Crippen LogP contribution in [0.5, 0.6) is 5.75 Å². The molecule has 0 atom stereocenters. The van der Waals surface area contributed by atoms with E-state index in [2.05, 4.69) is 15.6 Å². The highest BCUT2D eigenvalue weighted by Gasteiger charge is 2.16. The Bertz CT molecular complexity index is 758. The summed E-state index contributed by atoms with van der Waals surface area (Å²) >= 11 is 6.07. The first kappa shape index (κ1) is 18.5. The number of anilines is 2. The SMILES string of the molecule is COc1ccc(Cl)cc1Nc1cncc(C(=O)NC2CCCCCC2)c1. The number of carbonyl (C=O) groups is 1. The number of benzene rings is 1. The minimum Gasteiger partial charge on any atom is -0.495 e. The molecule has 0 bridgehead atoms. The summed E-state index contributed by atoms with van der Waals surface area (Å²) in [4.78, 5) is 16.8. The van der Waals surface area contributed by atoms with Crippen molar-refractivity contribution in [3.8, 4) is 5.75 Å². The van der Waals surface area contributed by atoms with E-state index in [1.54, 1.807) is 43.8 Å². The van der Waals surface area contributed by atoms with E-state index in [1.165, 1.54) is 25.7 Å². The average Bonchev–Trinajstić information content (AvgIpc) is 2.91. The van der Waals surface area contributed by atoms with Crippen molar-refractivity contribution in [1.29, 1.82) is 0 Å². The van der Waals surface area contributed by atoms with E-state index in [0.717, 1.165) is 18.5 Å². The van der Waals surface area contributed by atoms with E-state index < -0.39 is 0 Å². The van der Waals surface area contributed by atoms with Gasteiger partial charge in [0.05, 0.1) is 30.2 Å². The first-order valence-corrected chi connectivity index (χ1v) is 9.40. The first-order chi connectivity index (χ1) is 12.7. The lowest BCUT2D eigenvalue weighted by atomic mass is 10.1. The molecule has 1 amide bonds. The second-order valence-corrected chi connectivity index (χ2v) is 7.03. The lowest BCUT2D eigenvalue weighted by molar-refractivity contribution is 0.0933. The van der Waals surface area contributed by atoms with Gasteiger partial charge in [-0.15, -0.1) is 0 Å². The minimum absolute atomic E-state index is 0.0777. The number of halogens is 1. The molecule has 2 N–H and O–H groups in total. The molecule has 1 aliphatic rings. The zero-order valence-electron chi connectivity index (χ0n) is 14.9. The Morgan fingerprint density at radius 2 is 1.92 bits per heavy atom. The normalized spacial score (nSPS) is 15.2. The molecule has 1 aliphatic carbocycles. The highest BCUT2D eigenvalue weighted by atomic mass is 35.5. The van der Waals surface area contributed by atoms with E-state index in [-0.39, 0.29) is 11.9 Å². The van der Waals surface area contributed by atoms with Crippen LogP contribution in [-0.2, 0) is 0 Å². The minimum atomic E-state index is -0.0777. The number of nitrogens with one attached hydrogen (secondary N) is 2. The van der Waals surface area contributed by atoms with Crippen LogP contribution < -0.4 is 15.4 Å². The molecule has 0 aliphatic heterocycles. The van der Waals surface area contributed by atoms with Crippen molar-refractivity contribution in [2.45, 2.75) is 44.6 Å². The molecule has 1 heterocycles. The maximum Gasteiger partial charge on any atom is 0.253 e. The quantitative estimate of drug-likeness (QED) is 0.728. The molecule has 3 rings (SSSR count). The highest BCUT2D eigenvalue weighted by molar-refractivity contribution is 6.31. The number of hydrogen-bond acceptors (Lipinski definition) is 4. The molecule has 5 nitrogen and oxygen atoms in total. The fourth-order valence-electron chi connectivity index (χ4n) is 3.26. The zero-order chi connectivity index (χ0) is 18.4. The Morgan fingerprint density at radius 1 is 1.15 bits per heavy atom. The van der Waals surface area contributed by atoms with Gasteiger partial charge in [-0.05, 0) is 37.1 Å². The van der Waals surface area contributed by atoms with Gasteiger partial charge in [-0.2, -0.15) is 0 Å². The van der Waals surface area contributed by atoms with Crippen LogP contribution in [0.2, 0.25) is 5.02 Å². The third-order valence-corrected chi connectivity index (χ3v) is 4.87. The Hall–Kier alpha value is -2.27. The van der Waals surface area contributed by atoms with Gasteiger partial charge in [0.15, 0.2) is 0 Å². The second-order valence-electron chi connectivity index (χ2n) is 6.59. The number of nitrogens with zero attached hydrogens (tertiary/aromatic N) is 1. The van der Waals surface area contributed by atoms with E-state index >= 15 is 0 Å². The van der Waals surface area contributed by atoms with Gasteiger partial charge in [0.2, 0.25) is 0 Å². The van der Waals surface area contributed by atoms with Crippen molar-refractivity contribution < 1.29 is 9.53 Å². The number of hydrogen-bond donors (Lipinski definition) is 2. The molecule has 0 saturated heterocycles. The summed E-state index contributed by atoms with van der Waals surface area (Å²) in [7, 11) is 1.60. The summed E-state index contributed by atoms with van der Waals surface area (Å²) in [5.41, 5.74) is 1.97. The summed E-state index contributed by atoms with van der Waals surface area (Å²) in [6.07, 6.45) is 10.2. The molecule has 1 aromatic carbocycles. The topological polar surface area (TPSA) is 63.2 Å². The third kappa shape index (κ3) is 4.88. The van der Waals surface area contributed by atoms with Crippen molar-refractivity contribution in [3.05, 3.63) is 47.2 Å². The molecule has 2 aromatic rings. The van der Waals surface area contributed by atoms with Gasteiger partial charge in [-0.3, -0.25) is 9.78 Å². The molecule has 0 radical (unpaired) electrons. The van der Waals surface area contributed by atoms with Crippen LogP contribution in [0.25, 0.3) is 0 Å². The molecule has 1 saturated carbocycles. The molecule has 138 valence electrons. The van der Waals surface area contributed by atoms with E-state index in [0.29, 0.717) is 22.0 Å². The number of methoxy groups -OCH3 is 1. The molecule has 0 unspecified atom stereocenters. The van der Waals surface area contributed by atoms with E-state index in [1.807, 2.05) is 0 Å². The van der Waals surface area contributed by atoms with Crippen LogP contribution in [0, 0.1) is 0 Å². The Balaban J connectivity index is 1.71. The largest absolute Gasteiger partial charge is 0.495 e. The van der Waals surface area contributed by atoms with Gasteiger partial charge < -0.3 is 15.4 Å². The number of aromatic nitrogens is 1. The summed E-state index contributed by atoms with van der Waals surface area (Å²) in [6.45, 7) is 0. The van der Waals surface area contributed by atoms with Gasteiger partial charge in [-0.25, -0.2) is 0 Å². The summed E-state index contributed by atoms with van der Waals surface area (Å²) in [5.74, 6) is 0.591. The van der Waals surface area contributed by atoms with Gasteiger partial charge in [0, 0.05) is 17.3 Å². The molecule has 1 aromatic heterocycles. The van der Waals surface area contributed by atoms with Crippen LogP contribution in [0.3, 0.4) is 0 Å². The standard InChI is InChI=1S/C20H24ClN3O2/c1-26-19-9-8-15(21)11-18(19)23-17-10-14(12-22-13-17)20(25)24-16-6-4-2-3-5-7-16/h8-13,16,23H,2-7H2,1H3,(H,24,25). The van der Waals surface area contributed by atoms with Crippen molar-refractivity contribution in [2.24, 2.45) is 0 Å². The highest BCUT2D eigenvalue weighted by Crippen LogP contribution is 2.30. The van der Waals surface area contributed by atoms with Gasteiger partial charge in [-0.1, -0.05) is 37.3 Å². The van der Waals surface area contributed by atoms with Crippen LogP contribution in [0.4, 0.5) is 11.4 Å². The molecule has 1 fully saturated rings. The molecular formula is C20H24ClN3O2. The third-order valence-electron chi connectivity index (χ3n) is 4.63. The Kier molecular flexibility index (Phi) is 6.34. The molecule has 26 heavy (non-hydrogen) atoms. The van der Waals surface area contributed by atoms with Crippen LogP contribution in [0.15, 0.2) is 36.7 Å². The van der Waals surface area contributed by atoms with Gasteiger partial charge in [0.25, 0.3) is 5.91 Å². The first-order valence-electron chi connectivity index (χ1n) is 9.02. The maximum atomic E-state index is 12.6. The molecular weight excluding hydrogens is 350 g/mol. The lowest BCUT2D eigenvalue weighted by Crippen LogP contribution is -2.34. The van der Waals surface area contributed by atoms with Crippen LogP contribution in [-0.4, -0.2) is 24.0 Å². The van der Waals surface area contributed by atoms with Crippen molar-refractivity contribution in [1.82, 2.24) is 10.3 Å². The Labute approximate surface area is 159 Å². The number of rotatable bonds is 5. The van der Waals surface area contributed by atoms with Crippen LogP contribution in [0.1, 0.15) is 48.9 Å². The van der Waals surface area contributed by atoms with E-state index in [4.69, 9.17) is 16.3 Å². The van der Waals surface area contributed by atoms with Crippen molar-refractivity contribution in [3.63, 3.8) is 0 Å². The predicted octanol–water partition coefficient (Wildman–Crippen LogP) is 4.94. The lowest BCUT2D eigenvalue weighted by Gasteiger charge is -2.16. The smallest absolute Gasteiger partial charge is 0.253 e.